The Kier molecular flexibility index (Phi) is 4.99. The van der Waals surface area contributed by atoms with Crippen LogP contribution < -0.4 is 5.73 Å². The third-order valence-electron chi connectivity index (χ3n) is 2.29. The van der Waals surface area contributed by atoms with E-state index in [0.717, 1.165) is 0 Å². The lowest BCUT2D eigenvalue weighted by molar-refractivity contribution is -0.144. The monoisotopic (exact) mass is 264 g/mol. The minimum atomic E-state index is -0.653. The molecular formula is C12H16N4O3. The number of carbonyl (C=O) groups excluding carboxylic acids is 2. The van der Waals surface area contributed by atoms with Crippen molar-refractivity contribution in [3.05, 3.63) is 23.5 Å². The summed E-state index contributed by atoms with van der Waals surface area (Å²) in [6.45, 7) is 5.42. The van der Waals surface area contributed by atoms with E-state index < -0.39 is 11.9 Å². The zero-order valence-corrected chi connectivity index (χ0v) is 10.9. The smallest absolute Gasteiger partial charge is 0.327 e. The van der Waals surface area contributed by atoms with E-state index in [-0.39, 0.29) is 18.7 Å². The molecule has 0 saturated carbocycles. The molecule has 0 unspecified atom stereocenters. The van der Waals surface area contributed by atoms with Crippen molar-refractivity contribution in [2.75, 3.05) is 13.7 Å². The molecule has 1 heterocycles. The van der Waals surface area contributed by atoms with Crippen molar-refractivity contribution in [3.8, 4) is 0 Å². The molecule has 1 amide bonds. The predicted molar refractivity (Wildman–Crippen MR) is 71.0 cm³/mol. The quantitative estimate of drug-likeness (QED) is 0.587. The van der Waals surface area contributed by atoms with Crippen molar-refractivity contribution in [2.45, 2.75) is 13.5 Å². The second-order valence-electron chi connectivity index (χ2n) is 3.56. The molecule has 19 heavy (non-hydrogen) atoms. The number of ether oxygens (including phenoxy) is 1. The molecule has 0 saturated heterocycles. The summed E-state index contributed by atoms with van der Waals surface area (Å²) in [5.41, 5.74) is 6.16. The maximum absolute atomic E-state index is 11.5. The molecule has 0 aliphatic heterocycles. The van der Waals surface area contributed by atoms with E-state index in [9.17, 15) is 9.59 Å². The van der Waals surface area contributed by atoms with Gasteiger partial charge in [0.15, 0.2) is 0 Å². The van der Waals surface area contributed by atoms with Gasteiger partial charge in [0.05, 0.1) is 23.6 Å². The summed E-state index contributed by atoms with van der Waals surface area (Å²) in [5.74, 6) is -1.11. The maximum atomic E-state index is 11.5. The number of nitrogens with zero attached hydrogens (tertiary/aromatic N) is 3. The zero-order chi connectivity index (χ0) is 14.4. The van der Waals surface area contributed by atoms with Crippen LogP contribution in [0.4, 0.5) is 0 Å². The fourth-order valence-corrected chi connectivity index (χ4v) is 1.59. The number of aromatic nitrogens is 2. The van der Waals surface area contributed by atoms with Crippen molar-refractivity contribution in [1.82, 2.24) is 9.78 Å². The van der Waals surface area contributed by atoms with E-state index in [0.29, 0.717) is 11.4 Å². The first-order valence-electron chi connectivity index (χ1n) is 5.65. The van der Waals surface area contributed by atoms with Gasteiger partial charge in [-0.2, -0.15) is 5.10 Å². The van der Waals surface area contributed by atoms with Gasteiger partial charge in [0, 0.05) is 13.3 Å². The Morgan fingerprint density at radius 1 is 1.58 bits per heavy atom. The number of aliphatic imine (C=N–C) groups is 1. The van der Waals surface area contributed by atoms with Crippen molar-refractivity contribution in [3.63, 3.8) is 0 Å². The Morgan fingerprint density at radius 3 is 2.74 bits per heavy atom. The van der Waals surface area contributed by atoms with Gasteiger partial charge in [-0.1, -0.05) is 6.58 Å². The van der Waals surface area contributed by atoms with Crippen LogP contribution in [-0.4, -0.2) is 41.5 Å². The lowest BCUT2D eigenvalue weighted by Crippen LogP contribution is -2.18. The van der Waals surface area contributed by atoms with Crippen LogP contribution in [0.25, 0.3) is 6.08 Å². The summed E-state index contributed by atoms with van der Waals surface area (Å²) in [6.07, 6.45) is 2.81. The highest BCUT2D eigenvalue weighted by Crippen LogP contribution is 2.14. The van der Waals surface area contributed by atoms with Crippen LogP contribution in [-0.2, 0) is 16.1 Å². The number of hydrogen-bond acceptors (Lipinski definition) is 5. The average molecular weight is 264 g/mol. The van der Waals surface area contributed by atoms with Crippen molar-refractivity contribution in [2.24, 2.45) is 10.7 Å². The third-order valence-corrected chi connectivity index (χ3v) is 2.29. The number of esters is 1. The Hall–Kier alpha value is -2.44. The second kappa shape index (κ2) is 6.48. The number of hydrogen-bond donors (Lipinski definition) is 1. The summed E-state index contributed by atoms with van der Waals surface area (Å²) in [4.78, 5) is 26.8. The summed E-state index contributed by atoms with van der Waals surface area (Å²) in [6, 6.07) is 0. The topological polar surface area (TPSA) is 99.6 Å². The van der Waals surface area contributed by atoms with Gasteiger partial charge in [-0.25, -0.2) is 0 Å². The molecular weight excluding hydrogens is 248 g/mol. The molecule has 0 aliphatic rings. The highest BCUT2D eigenvalue weighted by Gasteiger charge is 2.20. The highest BCUT2D eigenvalue weighted by atomic mass is 16.5. The standard InChI is InChI=1S/C12H16N4O3/c1-4-8-11(12(13)18)9(6-14-3)16(15-8)7-10(17)19-5-2/h4,6H,1,5,7H2,2-3H3,(H2,13,18). The molecule has 2 N–H and O–H groups in total. The van der Waals surface area contributed by atoms with Gasteiger partial charge in [-0.15, -0.1) is 0 Å². The molecule has 0 spiro atoms. The molecule has 1 rings (SSSR count). The molecule has 7 heteroatoms. The number of primary amides is 1. The first kappa shape index (κ1) is 14.6. The minimum Gasteiger partial charge on any atom is -0.465 e. The number of nitrogens with two attached hydrogens (primary N) is 1. The van der Waals surface area contributed by atoms with Gasteiger partial charge < -0.3 is 10.5 Å². The first-order valence-corrected chi connectivity index (χ1v) is 5.65. The van der Waals surface area contributed by atoms with Crippen LogP contribution in [0, 0.1) is 0 Å². The van der Waals surface area contributed by atoms with Gasteiger partial charge in [0.25, 0.3) is 5.91 Å². The van der Waals surface area contributed by atoms with Gasteiger partial charge in [-0.05, 0) is 13.0 Å². The van der Waals surface area contributed by atoms with Crippen LogP contribution in [0.3, 0.4) is 0 Å². The molecule has 0 fully saturated rings. The zero-order valence-electron chi connectivity index (χ0n) is 10.9. The summed E-state index contributed by atoms with van der Waals surface area (Å²) < 4.78 is 6.16. The summed E-state index contributed by atoms with van der Waals surface area (Å²) in [7, 11) is 1.54. The number of rotatable bonds is 6. The van der Waals surface area contributed by atoms with Crippen molar-refractivity contribution >= 4 is 24.2 Å². The normalized spacial score (nSPS) is 10.6. The van der Waals surface area contributed by atoms with Crippen LogP contribution in [0.2, 0.25) is 0 Å². The average Bonchev–Trinajstić information content (AvgIpc) is 2.68. The molecule has 7 nitrogen and oxygen atoms in total. The Morgan fingerprint density at radius 2 is 2.26 bits per heavy atom. The molecule has 102 valence electrons. The van der Waals surface area contributed by atoms with E-state index >= 15 is 0 Å². The number of carbonyl (C=O) groups is 2. The van der Waals surface area contributed by atoms with Crippen LogP contribution in [0.15, 0.2) is 11.6 Å². The highest BCUT2D eigenvalue weighted by molar-refractivity contribution is 6.03. The van der Waals surface area contributed by atoms with E-state index in [1.54, 1.807) is 14.0 Å². The molecule has 0 aliphatic carbocycles. The van der Waals surface area contributed by atoms with Crippen LogP contribution in [0.5, 0.6) is 0 Å². The van der Waals surface area contributed by atoms with Crippen molar-refractivity contribution < 1.29 is 14.3 Å². The Bertz CT molecular complexity index is 531. The third kappa shape index (κ3) is 3.27. The van der Waals surface area contributed by atoms with E-state index in [4.69, 9.17) is 10.5 Å². The molecule has 0 aromatic carbocycles. The van der Waals surface area contributed by atoms with Gasteiger partial charge in [0.2, 0.25) is 0 Å². The lowest BCUT2D eigenvalue weighted by Gasteiger charge is -2.04. The molecule has 1 aromatic rings. The second-order valence-corrected chi connectivity index (χ2v) is 3.56. The molecule has 0 atom stereocenters. The Labute approximate surface area is 110 Å². The van der Waals surface area contributed by atoms with Gasteiger partial charge in [-0.3, -0.25) is 19.3 Å². The Balaban J connectivity index is 3.27. The SMILES string of the molecule is C=Cc1nn(CC(=O)OCC)c(C=NC)c1C(N)=O. The van der Waals surface area contributed by atoms with Crippen LogP contribution in [0.1, 0.15) is 28.7 Å². The largest absolute Gasteiger partial charge is 0.465 e. The fourth-order valence-electron chi connectivity index (χ4n) is 1.59. The van der Waals surface area contributed by atoms with E-state index in [1.165, 1.54) is 17.0 Å². The van der Waals surface area contributed by atoms with Gasteiger partial charge >= 0.3 is 5.97 Å². The molecule has 0 radical (unpaired) electrons. The minimum absolute atomic E-state index is 0.122. The van der Waals surface area contributed by atoms with Crippen LogP contribution >= 0.6 is 0 Å². The fraction of sp³-hybridized carbons (Fsp3) is 0.333. The van der Waals surface area contributed by atoms with Crippen molar-refractivity contribution in [1.29, 1.82) is 0 Å². The van der Waals surface area contributed by atoms with Gasteiger partial charge in [0.1, 0.15) is 6.54 Å². The number of amides is 1. The molecule has 1 aromatic heterocycles. The molecule has 0 bridgehead atoms. The summed E-state index contributed by atoms with van der Waals surface area (Å²) in [5, 5.41) is 4.10. The lowest BCUT2D eigenvalue weighted by atomic mass is 10.1. The van der Waals surface area contributed by atoms with E-state index in [1.807, 2.05) is 0 Å². The predicted octanol–water partition coefficient (Wildman–Crippen LogP) is 0.237. The van der Waals surface area contributed by atoms with E-state index in [2.05, 4.69) is 16.7 Å². The first-order chi connectivity index (χ1) is 9.04. The maximum Gasteiger partial charge on any atom is 0.327 e. The summed E-state index contributed by atoms with van der Waals surface area (Å²) >= 11 is 0.